The van der Waals surface area contributed by atoms with Crippen LogP contribution in [0.5, 0.6) is 0 Å². The third kappa shape index (κ3) is 3.14. The van der Waals surface area contributed by atoms with Crippen LogP contribution in [-0.2, 0) is 0 Å². The molecule has 3 N–H and O–H groups in total. The zero-order chi connectivity index (χ0) is 24.3. The molecule has 4 heterocycles. The number of nitrogen functional groups attached to an aromatic ring is 1. The van der Waals surface area contributed by atoms with Crippen molar-refractivity contribution in [2.24, 2.45) is 0 Å². The molecule has 11 nitrogen and oxygen atoms in total. The van der Waals surface area contributed by atoms with Crippen LogP contribution in [0.4, 0.5) is 5.82 Å². The van der Waals surface area contributed by atoms with E-state index >= 15 is 0 Å². The number of anilines is 1. The molecule has 2 amide bonds. The Morgan fingerprint density at radius 2 is 1.71 bits per heavy atom. The Balaban J connectivity index is 1.44. The second-order valence-corrected chi connectivity index (χ2v) is 7.80. The van der Waals surface area contributed by atoms with E-state index < -0.39 is 23.0 Å². The molecule has 35 heavy (non-hydrogen) atoms. The predicted octanol–water partition coefficient (Wildman–Crippen LogP) is 1.66. The number of pyridine rings is 1. The van der Waals surface area contributed by atoms with Crippen LogP contribution in [0.25, 0.3) is 33.6 Å². The maximum atomic E-state index is 12.7. The van der Waals surface area contributed by atoms with Crippen LogP contribution >= 0.6 is 0 Å². The third-order valence-electron chi connectivity index (χ3n) is 5.69. The Morgan fingerprint density at radius 3 is 2.51 bits per heavy atom. The minimum absolute atomic E-state index is 0.0766. The van der Waals surface area contributed by atoms with Crippen molar-refractivity contribution >= 4 is 28.6 Å². The van der Waals surface area contributed by atoms with Crippen molar-refractivity contribution in [1.29, 1.82) is 0 Å². The van der Waals surface area contributed by atoms with Crippen molar-refractivity contribution < 1.29 is 14.0 Å². The number of benzene rings is 2. The average Bonchev–Trinajstić information content (AvgIpc) is 3.44. The number of fused-ring (bicyclic) bond motifs is 2. The minimum atomic E-state index is -0.691. The summed E-state index contributed by atoms with van der Waals surface area (Å²) in [7, 11) is 0. The number of hydrogen-bond donors (Lipinski definition) is 2. The van der Waals surface area contributed by atoms with Crippen molar-refractivity contribution in [3.05, 3.63) is 98.8 Å². The van der Waals surface area contributed by atoms with Crippen LogP contribution in [-0.4, -0.2) is 31.4 Å². The monoisotopic (exact) mass is 466 g/mol. The van der Waals surface area contributed by atoms with Gasteiger partial charge in [0.15, 0.2) is 5.69 Å². The largest absolute Gasteiger partial charge is 0.421 e. The molecular formula is C24H14N6O5. The number of nitrogens with one attached hydrogen (secondary N) is 1. The fourth-order valence-electron chi connectivity index (χ4n) is 4.03. The number of aromatic nitrogens is 4. The van der Waals surface area contributed by atoms with Gasteiger partial charge in [-0.05, 0) is 18.2 Å². The number of rotatable bonds is 3. The summed E-state index contributed by atoms with van der Waals surface area (Å²) >= 11 is 0. The van der Waals surface area contributed by atoms with Crippen molar-refractivity contribution in [3.63, 3.8) is 0 Å². The summed E-state index contributed by atoms with van der Waals surface area (Å²) in [5, 5.41) is 11.2. The number of nitrogens with two attached hydrogens (primary N) is 1. The summed E-state index contributed by atoms with van der Waals surface area (Å²) in [6.45, 7) is 0. The Hall–Kier alpha value is -5.32. The van der Waals surface area contributed by atoms with Gasteiger partial charge in [0.2, 0.25) is 0 Å². The van der Waals surface area contributed by atoms with E-state index in [2.05, 4.69) is 15.5 Å². The Kier molecular flexibility index (Phi) is 4.26. The van der Waals surface area contributed by atoms with Gasteiger partial charge in [0.25, 0.3) is 17.4 Å². The first-order valence-corrected chi connectivity index (χ1v) is 10.4. The average molecular weight is 466 g/mol. The van der Waals surface area contributed by atoms with Gasteiger partial charge in [-0.2, -0.15) is 5.10 Å². The molecule has 1 aliphatic heterocycles. The zero-order valence-corrected chi connectivity index (χ0v) is 17.8. The van der Waals surface area contributed by atoms with Crippen LogP contribution in [0, 0.1) is 0 Å². The molecule has 1 aliphatic rings. The molecule has 0 aliphatic carbocycles. The lowest BCUT2D eigenvalue weighted by Crippen LogP contribution is -2.24. The van der Waals surface area contributed by atoms with Crippen molar-refractivity contribution in [1.82, 2.24) is 24.9 Å². The van der Waals surface area contributed by atoms with Crippen LogP contribution in [0.2, 0.25) is 0 Å². The lowest BCUT2D eigenvalue weighted by molar-refractivity contribution is 0.0880. The number of hydrogen-bond acceptors (Lipinski definition) is 8. The molecule has 0 spiro atoms. The number of imide groups is 1. The summed E-state index contributed by atoms with van der Waals surface area (Å²) in [6.07, 6.45) is 1.55. The van der Waals surface area contributed by atoms with E-state index in [1.165, 1.54) is 10.9 Å². The van der Waals surface area contributed by atoms with E-state index in [-0.39, 0.29) is 33.9 Å². The highest BCUT2D eigenvalue weighted by Crippen LogP contribution is 2.25. The first-order valence-electron chi connectivity index (χ1n) is 10.4. The fourth-order valence-corrected chi connectivity index (χ4v) is 4.03. The molecule has 2 aromatic carbocycles. The Labute approximate surface area is 195 Å². The van der Waals surface area contributed by atoms with Gasteiger partial charge in [0.05, 0.1) is 23.0 Å². The van der Waals surface area contributed by atoms with Gasteiger partial charge >= 0.3 is 5.63 Å². The molecule has 0 bridgehead atoms. The Bertz CT molecular complexity index is 1820. The van der Waals surface area contributed by atoms with Crippen LogP contribution in [0.1, 0.15) is 20.7 Å². The van der Waals surface area contributed by atoms with Gasteiger partial charge in [0.1, 0.15) is 17.1 Å². The lowest BCUT2D eigenvalue weighted by atomic mass is 10.1. The lowest BCUT2D eigenvalue weighted by Gasteiger charge is -2.12. The number of carbonyl (C=O) groups is 2. The first-order chi connectivity index (χ1) is 16.9. The number of amides is 2. The van der Waals surface area contributed by atoms with Crippen molar-refractivity contribution in [2.75, 3.05) is 5.73 Å². The maximum absolute atomic E-state index is 12.7. The molecule has 0 atom stereocenters. The van der Waals surface area contributed by atoms with Gasteiger partial charge in [-0.3, -0.25) is 24.3 Å². The van der Waals surface area contributed by atoms with Crippen LogP contribution in [0.15, 0.2) is 80.9 Å². The number of carbonyl (C=O) groups excluding carboxylic acids is 2. The summed E-state index contributed by atoms with van der Waals surface area (Å²) in [4.78, 5) is 50.6. The van der Waals surface area contributed by atoms with Crippen LogP contribution < -0.4 is 22.2 Å². The second kappa shape index (κ2) is 7.35. The van der Waals surface area contributed by atoms with Crippen molar-refractivity contribution in [3.8, 4) is 22.6 Å². The molecule has 0 radical (unpaired) electrons. The summed E-state index contributed by atoms with van der Waals surface area (Å²) < 4.78 is 6.56. The van der Waals surface area contributed by atoms with E-state index in [4.69, 9.17) is 10.2 Å². The minimum Gasteiger partial charge on any atom is -0.421 e. The van der Waals surface area contributed by atoms with Crippen molar-refractivity contribution in [2.45, 2.75) is 0 Å². The van der Waals surface area contributed by atoms with E-state index in [9.17, 15) is 19.2 Å². The van der Waals surface area contributed by atoms with Gasteiger partial charge in [0, 0.05) is 23.1 Å². The summed E-state index contributed by atoms with van der Waals surface area (Å²) in [6, 6.07) is 16.7. The molecule has 3 aromatic heterocycles. The van der Waals surface area contributed by atoms with Gasteiger partial charge < -0.3 is 10.2 Å². The van der Waals surface area contributed by atoms with E-state index in [1.807, 2.05) is 30.3 Å². The van der Waals surface area contributed by atoms with Gasteiger partial charge in [-0.25, -0.2) is 4.79 Å². The molecule has 0 fully saturated rings. The highest BCUT2D eigenvalue weighted by molar-refractivity contribution is 6.23. The standard InChI is InChI=1S/C24H14N6O5/c25-21-20-15(22(32)27-23(20)33)10-19(31)29(21)14-7-6-13-8-17(24(34)35-18(13)9-14)30-26-11-16(28-30)12-4-2-1-3-5-12/h1-11H,25H2,(H,27,32,33). The van der Waals surface area contributed by atoms with Gasteiger partial charge in [-0.1, -0.05) is 30.3 Å². The predicted molar refractivity (Wildman–Crippen MR) is 125 cm³/mol. The van der Waals surface area contributed by atoms with E-state index in [0.29, 0.717) is 11.1 Å². The van der Waals surface area contributed by atoms with Gasteiger partial charge in [-0.15, -0.1) is 9.90 Å². The van der Waals surface area contributed by atoms with E-state index in [1.54, 1.807) is 24.4 Å². The smallest absolute Gasteiger partial charge is 0.364 e. The molecule has 0 unspecified atom stereocenters. The maximum Gasteiger partial charge on any atom is 0.364 e. The van der Waals surface area contributed by atoms with Crippen LogP contribution in [0.3, 0.4) is 0 Å². The fraction of sp³-hybridized carbons (Fsp3) is 0. The molecule has 0 saturated heterocycles. The summed E-state index contributed by atoms with van der Waals surface area (Å²) in [5.74, 6) is -1.56. The highest BCUT2D eigenvalue weighted by atomic mass is 16.4. The van der Waals surface area contributed by atoms with E-state index in [0.717, 1.165) is 16.2 Å². The summed E-state index contributed by atoms with van der Waals surface area (Å²) in [5.41, 5.74) is 6.61. The molecule has 5 aromatic rings. The zero-order valence-electron chi connectivity index (χ0n) is 17.8. The third-order valence-corrected chi connectivity index (χ3v) is 5.69. The molecule has 6 rings (SSSR count). The molecule has 11 heteroatoms. The second-order valence-electron chi connectivity index (χ2n) is 7.80. The Morgan fingerprint density at radius 1 is 0.914 bits per heavy atom. The SMILES string of the molecule is Nc1c2c(cc(=O)n1-c1ccc3cc(-n4ncc(-c5ccccc5)n4)c(=O)oc3c1)C(=O)NC2=O. The number of nitrogens with zero attached hydrogens (tertiary/aromatic N) is 4. The molecule has 0 saturated carbocycles. The molecule has 170 valence electrons. The first kappa shape index (κ1) is 20.3. The normalized spacial score (nSPS) is 12.7. The highest BCUT2D eigenvalue weighted by Gasteiger charge is 2.31. The quantitative estimate of drug-likeness (QED) is 0.300. The topological polar surface area (TPSA) is 155 Å². The molecular weight excluding hydrogens is 452 g/mol.